The molecule has 0 rings (SSSR count). The molecule has 0 bridgehead atoms. The molecule has 0 heterocycles. The summed E-state index contributed by atoms with van der Waals surface area (Å²) in [4.78, 5) is 12.5. The third-order valence-corrected chi connectivity index (χ3v) is 0.129. The lowest BCUT2D eigenvalue weighted by Crippen LogP contribution is -1.89. The van der Waals surface area contributed by atoms with Crippen LogP contribution >= 0.6 is 0 Å². The van der Waals surface area contributed by atoms with Crippen LogP contribution in [-0.2, 0) is 15.2 Å². The Morgan fingerprint density at radius 3 is 2.00 bits per heavy atom. The molecule has 0 aliphatic heterocycles. The van der Waals surface area contributed by atoms with Crippen molar-refractivity contribution in [2.24, 2.45) is 0 Å². The third-order valence-electron chi connectivity index (χ3n) is 0.129. The van der Waals surface area contributed by atoms with Gasteiger partial charge in [0.25, 0.3) is 0 Å². The molecule has 0 aliphatic carbocycles. The molecule has 4 heteroatoms. The summed E-state index contributed by atoms with van der Waals surface area (Å²) in [5, 5.41) is 7.29. The number of carbonyl (C=O) groups is 1. The van der Waals surface area contributed by atoms with Crippen molar-refractivity contribution >= 4 is 5.97 Å². The molecule has 0 aliphatic rings. The molecule has 0 unspecified atom stereocenters. The molecule has 2 radical (unpaired) electrons. The van der Waals surface area contributed by atoms with E-state index in [0.29, 0.717) is 0 Å². The summed E-state index contributed by atoms with van der Waals surface area (Å²) in [5.41, 5.74) is 0. The van der Waals surface area contributed by atoms with Crippen molar-refractivity contribution in [3.8, 4) is 0 Å². The Labute approximate surface area is 34.6 Å². The average Bonchev–Trinajstić information content (AvgIpc) is 1.38. The molecular formula is C2H4O4. The van der Waals surface area contributed by atoms with E-state index >= 15 is 0 Å². The lowest BCUT2D eigenvalue weighted by Gasteiger charge is -1.76. The SMILES string of the molecule is CC(=O)OO.[O]. The van der Waals surface area contributed by atoms with Gasteiger partial charge in [-0.25, -0.2) is 4.79 Å². The van der Waals surface area contributed by atoms with Crippen LogP contribution in [0.3, 0.4) is 0 Å². The molecule has 4 nitrogen and oxygen atoms in total. The van der Waals surface area contributed by atoms with E-state index in [4.69, 9.17) is 5.26 Å². The lowest BCUT2D eigenvalue weighted by atomic mass is 10.9. The maximum atomic E-state index is 9.34. The van der Waals surface area contributed by atoms with Crippen molar-refractivity contribution in [3.05, 3.63) is 0 Å². The van der Waals surface area contributed by atoms with Gasteiger partial charge < -0.3 is 4.89 Å². The molecule has 0 amide bonds. The van der Waals surface area contributed by atoms with Crippen molar-refractivity contribution in [2.45, 2.75) is 6.92 Å². The van der Waals surface area contributed by atoms with Gasteiger partial charge >= 0.3 is 5.97 Å². The highest BCUT2D eigenvalue weighted by Gasteiger charge is 1.79. The minimum Gasteiger partial charge on any atom is -0.301 e. The molecule has 36 valence electrons. The number of carbonyl (C=O) groups excluding carboxylic acids is 1. The number of rotatable bonds is 0. The summed E-state index contributed by atoms with van der Waals surface area (Å²) in [6.07, 6.45) is 0. The molecule has 0 spiro atoms. The third kappa shape index (κ3) is 10.0. The Bertz CT molecular complexity index is 40.8. The van der Waals surface area contributed by atoms with Crippen molar-refractivity contribution in [1.29, 1.82) is 0 Å². The second kappa shape index (κ2) is 4.39. The maximum Gasteiger partial charge on any atom is 0.339 e. The highest BCUT2D eigenvalue weighted by molar-refractivity contribution is 5.64. The molecule has 0 saturated heterocycles. The molecule has 0 aromatic carbocycles. The number of hydrogen-bond donors (Lipinski definition) is 1. The largest absolute Gasteiger partial charge is 0.339 e. The summed E-state index contributed by atoms with van der Waals surface area (Å²) < 4.78 is 0. The monoisotopic (exact) mass is 92.0 g/mol. The summed E-state index contributed by atoms with van der Waals surface area (Å²) in [6.45, 7) is 1.11. The first-order valence-corrected chi connectivity index (χ1v) is 1.09. The van der Waals surface area contributed by atoms with Crippen LogP contribution in [-0.4, -0.2) is 11.2 Å². The molecule has 0 aromatic heterocycles. The molecule has 0 saturated carbocycles. The minimum absolute atomic E-state index is 0. The van der Waals surface area contributed by atoms with Gasteiger partial charge in [0, 0.05) is 12.4 Å². The fourth-order valence-electron chi connectivity index (χ4n) is 0. The number of hydrogen-bond acceptors (Lipinski definition) is 3. The first kappa shape index (κ1) is 9.04. The van der Waals surface area contributed by atoms with E-state index in [1.165, 1.54) is 0 Å². The molecule has 6 heavy (non-hydrogen) atoms. The van der Waals surface area contributed by atoms with E-state index in [2.05, 4.69) is 4.89 Å². The molecular weight excluding hydrogens is 88.0 g/mol. The van der Waals surface area contributed by atoms with Crippen LogP contribution in [0.15, 0.2) is 0 Å². The van der Waals surface area contributed by atoms with Gasteiger partial charge in [-0.05, 0) is 0 Å². The van der Waals surface area contributed by atoms with Gasteiger partial charge in [-0.15, -0.1) is 0 Å². The minimum atomic E-state index is -0.690. The quantitative estimate of drug-likeness (QED) is 0.335. The van der Waals surface area contributed by atoms with E-state index < -0.39 is 5.97 Å². The highest BCUT2D eigenvalue weighted by atomic mass is 17.1. The maximum absolute atomic E-state index is 9.34. The van der Waals surface area contributed by atoms with Crippen molar-refractivity contribution < 1.29 is 20.4 Å². The van der Waals surface area contributed by atoms with Gasteiger partial charge in [-0.1, -0.05) is 0 Å². The van der Waals surface area contributed by atoms with E-state index in [-0.39, 0.29) is 5.48 Å². The van der Waals surface area contributed by atoms with Crippen molar-refractivity contribution in [1.82, 2.24) is 0 Å². The Morgan fingerprint density at radius 1 is 1.83 bits per heavy atom. The summed E-state index contributed by atoms with van der Waals surface area (Å²) in [6, 6.07) is 0. The Kier molecular flexibility index (Phi) is 6.61. The smallest absolute Gasteiger partial charge is 0.301 e. The van der Waals surface area contributed by atoms with Gasteiger partial charge in [0.1, 0.15) is 0 Å². The molecule has 0 atom stereocenters. The van der Waals surface area contributed by atoms with Gasteiger partial charge in [-0.3, -0.25) is 0 Å². The molecule has 1 N–H and O–H groups in total. The first-order chi connectivity index (χ1) is 2.27. The first-order valence-electron chi connectivity index (χ1n) is 1.09. The van der Waals surface area contributed by atoms with Crippen LogP contribution in [0.1, 0.15) is 6.92 Å². The Balaban J connectivity index is 0. The summed E-state index contributed by atoms with van der Waals surface area (Å²) in [5.74, 6) is -0.690. The predicted molar refractivity (Wildman–Crippen MR) is 15.1 cm³/mol. The highest BCUT2D eigenvalue weighted by Crippen LogP contribution is 1.59. The topological polar surface area (TPSA) is 75.0 Å². The van der Waals surface area contributed by atoms with Crippen LogP contribution in [0.5, 0.6) is 0 Å². The predicted octanol–water partition coefficient (Wildman–Crippen LogP) is -0.0963. The standard InChI is InChI=1S/C2H4O3.O/c1-2(3)5-4;/h4H,1H3;. The summed E-state index contributed by atoms with van der Waals surface area (Å²) >= 11 is 0. The van der Waals surface area contributed by atoms with E-state index in [1.54, 1.807) is 0 Å². The van der Waals surface area contributed by atoms with Gasteiger partial charge in [0.05, 0.1) is 0 Å². The molecule has 0 aromatic rings. The summed E-state index contributed by atoms with van der Waals surface area (Å²) in [7, 11) is 0. The van der Waals surface area contributed by atoms with Crippen LogP contribution in [0.2, 0.25) is 0 Å². The van der Waals surface area contributed by atoms with Gasteiger partial charge in [0.15, 0.2) is 0 Å². The van der Waals surface area contributed by atoms with E-state index in [1.807, 2.05) is 0 Å². The normalized spacial score (nSPS) is 5.67. The molecule has 0 fully saturated rings. The second-order valence-corrected chi connectivity index (χ2v) is 0.583. The fourth-order valence-corrected chi connectivity index (χ4v) is 0. The average molecular weight is 92.0 g/mol. The second-order valence-electron chi connectivity index (χ2n) is 0.583. The van der Waals surface area contributed by atoms with Gasteiger partial charge in [-0.2, -0.15) is 5.26 Å². The van der Waals surface area contributed by atoms with Gasteiger partial charge in [0.2, 0.25) is 0 Å². The Morgan fingerprint density at radius 2 is 2.00 bits per heavy atom. The van der Waals surface area contributed by atoms with Crippen molar-refractivity contribution in [3.63, 3.8) is 0 Å². The Hall–Kier alpha value is -0.610. The van der Waals surface area contributed by atoms with Crippen molar-refractivity contribution in [2.75, 3.05) is 0 Å². The van der Waals surface area contributed by atoms with Crippen LogP contribution in [0.4, 0.5) is 0 Å². The fraction of sp³-hybridized carbons (Fsp3) is 0.500. The van der Waals surface area contributed by atoms with Crippen LogP contribution < -0.4 is 0 Å². The van der Waals surface area contributed by atoms with Crippen LogP contribution in [0.25, 0.3) is 0 Å². The zero-order valence-electron chi connectivity index (χ0n) is 3.17. The van der Waals surface area contributed by atoms with E-state index in [0.717, 1.165) is 6.92 Å². The zero-order chi connectivity index (χ0) is 4.28. The van der Waals surface area contributed by atoms with Crippen LogP contribution in [0, 0.1) is 0 Å². The van der Waals surface area contributed by atoms with E-state index in [9.17, 15) is 4.79 Å². The lowest BCUT2D eigenvalue weighted by molar-refractivity contribution is -0.231. The zero-order valence-corrected chi connectivity index (χ0v) is 3.17.